The average molecular weight is 867 g/mol. The highest BCUT2D eigenvalue weighted by Crippen LogP contribution is 2.42. The first kappa shape index (κ1) is 43.6. The molecule has 5 heterocycles. The fraction of sp³-hybridized carbons (Fsp3) is 0.347. The van der Waals surface area contributed by atoms with Crippen LogP contribution in [-0.4, -0.2) is 73.7 Å². The van der Waals surface area contributed by atoms with E-state index in [0.717, 1.165) is 43.9 Å². The van der Waals surface area contributed by atoms with Crippen molar-refractivity contribution in [2.75, 3.05) is 11.9 Å². The smallest absolute Gasteiger partial charge is 0.343 e. The normalized spacial score (nSPS) is 17.3. The molecular weight excluding hydrogens is 817 g/mol. The van der Waals surface area contributed by atoms with Gasteiger partial charge >= 0.3 is 5.97 Å². The summed E-state index contributed by atoms with van der Waals surface area (Å²) in [6.07, 6.45) is 4.43. The number of pyridine rings is 2. The molecule has 0 radical (unpaired) electrons. The highest BCUT2D eigenvalue weighted by molar-refractivity contribution is 6.13. The quantitative estimate of drug-likeness (QED) is 0.0483. The number of aromatic nitrogens is 2. The number of unbranched alkanes of at least 4 members (excludes halogenated alkanes) is 2. The molecule has 0 bridgehead atoms. The number of aliphatic hydroxyl groups is 1. The Morgan fingerprint density at radius 1 is 0.859 bits per heavy atom. The predicted octanol–water partition coefficient (Wildman–Crippen LogP) is 5.28. The zero-order valence-electron chi connectivity index (χ0n) is 36.4. The number of carbonyl (C=O) groups is 6. The second-order valence-electron chi connectivity index (χ2n) is 17.1. The van der Waals surface area contributed by atoms with Crippen LogP contribution >= 0.6 is 0 Å². The largest absolute Gasteiger partial charge is 0.458 e. The Morgan fingerprint density at radius 2 is 1.56 bits per heavy atom. The van der Waals surface area contributed by atoms with E-state index in [4.69, 9.17) is 9.72 Å². The first-order chi connectivity index (χ1) is 30.6. The van der Waals surface area contributed by atoms with E-state index in [9.17, 15) is 38.7 Å². The van der Waals surface area contributed by atoms with E-state index in [1.807, 2.05) is 43.3 Å². The predicted molar refractivity (Wildman–Crippen MR) is 240 cm³/mol. The van der Waals surface area contributed by atoms with Gasteiger partial charge in [-0.05, 0) is 96.8 Å². The molecule has 0 fully saturated rings. The summed E-state index contributed by atoms with van der Waals surface area (Å²) in [5.74, 6) is -2.89. The summed E-state index contributed by atoms with van der Waals surface area (Å²) in [6, 6.07) is 17.5. The standard InChI is InChI=1S/C49H50N6O9/c1-6-49(63)36-23-38-44-34(24-55(38)47(61)35(36)25-64-48(49)62)27(4)42-33-22-31(12-11-30(33)15-18-37(42)52-44)29-13-16-32(17-14-29)51-45(59)28(5)50-46(60)43(26(2)3)53-39(56)10-8-7-9-21-54-40(57)19-20-41(54)58/h11-20,22-23,26,28,43,63H,6-10,21,24-25H2,1-5H3,(H,50,60)(H,51,59)(H,53,56)/t28-,43-,49-/m0/s1. The van der Waals surface area contributed by atoms with Gasteiger partial charge in [-0.2, -0.15) is 0 Å². The molecule has 64 heavy (non-hydrogen) atoms. The van der Waals surface area contributed by atoms with Crippen molar-refractivity contribution in [2.45, 2.75) is 97.6 Å². The van der Waals surface area contributed by atoms with Crippen LogP contribution in [0.15, 0.2) is 77.6 Å². The van der Waals surface area contributed by atoms with Gasteiger partial charge < -0.3 is 30.4 Å². The first-order valence-electron chi connectivity index (χ1n) is 21.7. The van der Waals surface area contributed by atoms with Crippen LogP contribution in [0, 0.1) is 12.8 Å². The highest BCUT2D eigenvalue weighted by Gasteiger charge is 2.45. The van der Waals surface area contributed by atoms with Crippen molar-refractivity contribution >= 4 is 62.9 Å². The third kappa shape index (κ3) is 7.95. The number of nitrogens with zero attached hydrogens (tertiary/aromatic N) is 3. The van der Waals surface area contributed by atoms with Gasteiger partial charge in [-0.25, -0.2) is 9.78 Å². The SMILES string of the molecule is CC[C@@]1(O)C(=O)OCc2c1cc1n(c2=O)Cc2c-1nc1ccc3ccc(-c4ccc(NC(=O)[C@H](C)NC(=O)[C@@H](NC(=O)CCCCCN5C(=O)C=CC5=O)C(C)C)cc4)cc3c1c2C. The number of aryl methyl sites for hydroxylation is 1. The molecule has 2 aromatic heterocycles. The van der Waals surface area contributed by atoms with E-state index in [1.165, 1.54) is 17.1 Å². The molecule has 5 amide bonds. The summed E-state index contributed by atoms with van der Waals surface area (Å²) in [7, 11) is 0. The number of imide groups is 1. The lowest BCUT2D eigenvalue weighted by Crippen LogP contribution is -2.53. The molecule has 3 aromatic carbocycles. The summed E-state index contributed by atoms with van der Waals surface area (Å²) in [5.41, 5.74) is 4.50. The number of hydrogen-bond donors (Lipinski definition) is 4. The van der Waals surface area contributed by atoms with Gasteiger partial charge in [0.1, 0.15) is 18.7 Å². The van der Waals surface area contributed by atoms with Crippen molar-refractivity contribution < 1.29 is 38.6 Å². The van der Waals surface area contributed by atoms with Crippen LogP contribution in [0.25, 0.3) is 44.2 Å². The van der Waals surface area contributed by atoms with Gasteiger partial charge in [0.25, 0.3) is 17.4 Å². The van der Waals surface area contributed by atoms with E-state index in [0.29, 0.717) is 42.9 Å². The summed E-state index contributed by atoms with van der Waals surface area (Å²) >= 11 is 0. The molecule has 0 spiro atoms. The maximum absolute atomic E-state index is 13.8. The molecule has 0 saturated heterocycles. The molecule has 3 atom stereocenters. The molecule has 0 saturated carbocycles. The minimum atomic E-state index is -1.91. The van der Waals surface area contributed by atoms with E-state index >= 15 is 0 Å². The van der Waals surface area contributed by atoms with Gasteiger partial charge in [-0.3, -0.25) is 33.7 Å². The minimum Gasteiger partial charge on any atom is -0.458 e. The van der Waals surface area contributed by atoms with Crippen molar-refractivity contribution in [3.63, 3.8) is 0 Å². The molecule has 5 aromatic rings. The number of benzene rings is 3. The number of anilines is 1. The van der Waals surface area contributed by atoms with Gasteiger partial charge in [0.15, 0.2) is 5.60 Å². The van der Waals surface area contributed by atoms with Crippen LogP contribution in [0.5, 0.6) is 0 Å². The highest BCUT2D eigenvalue weighted by atomic mass is 16.6. The van der Waals surface area contributed by atoms with Gasteiger partial charge in [-0.1, -0.05) is 57.5 Å². The molecule has 3 aliphatic rings. The Bertz CT molecular complexity index is 2860. The lowest BCUT2D eigenvalue weighted by molar-refractivity contribution is -0.172. The number of nitrogens with one attached hydrogen (secondary N) is 3. The lowest BCUT2D eigenvalue weighted by Gasteiger charge is -2.31. The second-order valence-corrected chi connectivity index (χ2v) is 17.1. The first-order valence-corrected chi connectivity index (χ1v) is 21.7. The summed E-state index contributed by atoms with van der Waals surface area (Å²) in [6.45, 7) is 9.28. The number of fused-ring (bicyclic) bond motifs is 7. The van der Waals surface area contributed by atoms with Crippen molar-refractivity contribution in [3.8, 4) is 22.5 Å². The number of cyclic esters (lactones) is 1. The van der Waals surface area contributed by atoms with Gasteiger partial charge in [-0.15, -0.1) is 0 Å². The molecule has 3 aliphatic heterocycles. The second kappa shape index (κ2) is 17.3. The third-order valence-electron chi connectivity index (χ3n) is 12.6. The molecule has 0 unspecified atom stereocenters. The maximum Gasteiger partial charge on any atom is 0.343 e. The fourth-order valence-corrected chi connectivity index (χ4v) is 8.84. The Morgan fingerprint density at radius 3 is 2.27 bits per heavy atom. The van der Waals surface area contributed by atoms with E-state index in [2.05, 4.69) is 22.0 Å². The van der Waals surface area contributed by atoms with E-state index in [1.54, 1.807) is 50.5 Å². The maximum atomic E-state index is 13.8. The minimum absolute atomic E-state index is 0.0619. The van der Waals surface area contributed by atoms with Gasteiger partial charge in [0.2, 0.25) is 17.7 Å². The Labute approximate surface area is 368 Å². The van der Waals surface area contributed by atoms with Crippen LogP contribution in [0.2, 0.25) is 0 Å². The lowest BCUT2D eigenvalue weighted by atomic mass is 9.86. The third-order valence-corrected chi connectivity index (χ3v) is 12.6. The number of esters is 1. The molecule has 15 heteroatoms. The van der Waals surface area contributed by atoms with Crippen LogP contribution < -0.4 is 21.5 Å². The summed E-state index contributed by atoms with van der Waals surface area (Å²) in [5, 5.41) is 22.6. The molecule has 8 rings (SSSR count). The molecule has 4 N–H and O–H groups in total. The Kier molecular flexibility index (Phi) is 11.8. The van der Waals surface area contributed by atoms with Crippen molar-refractivity contribution in [2.24, 2.45) is 5.92 Å². The van der Waals surface area contributed by atoms with Gasteiger partial charge in [0, 0.05) is 47.3 Å². The molecular formula is C49H50N6O9. The molecule has 15 nitrogen and oxygen atoms in total. The molecule has 330 valence electrons. The Hall–Kier alpha value is -7.00. The zero-order chi connectivity index (χ0) is 45.6. The van der Waals surface area contributed by atoms with Crippen LogP contribution in [0.1, 0.15) is 82.1 Å². The van der Waals surface area contributed by atoms with Crippen molar-refractivity contribution in [1.82, 2.24) is 25.1 Å². The van der Waals surface area contributed by atoms with Crippen LogP contribution in [0.4, 0.5) is 5.69 Å². The van der Waals surface area contributed by atoms with E-state index < -0.39 is 35.5 Å². The van der Waals surface area contributed by atoms with Crippen LogP contribution in [-0.2, 0) is 52.3 Å². The Balaban J connectivity index is 0.920. The number of carbonyl (C=O) groups excluding carboxylic acids is 6. The summed E-state index contributed by atoms with van der Waals surface area (Å²) in [4.78, 5) is 95.3. The molecule has 0 aliphatic carbocycles. The van der Waals surface area contributed by atoms with E-state index in [-0.39, 0.29) is 66.3 Å². The number of ether oxygens (including phenoxy) is 1. The van der Waals surface area contributed by atoms with Crippen molar-refractivity contribution in [1.29, 1.82) is 0 Å². The van der Waals surface area contributed by atoms with Gasteiger partial charge in [0.05, 0.1) is 29.0 Å². The topological polar surface area (TPSA) is 206 Å². The van der Waals surface area contributed by atoms with Crippen molar-refractivity contribution in [3.05, 3.63) is 105 Å². The number of amides is 5. The summed E-state index contributed by atoms with van der Waals surface area (Å²) < 4.78 is 6.87. The number of rotatable bonds is 14. The fourth-order valence-electron chi connectivity index (χ4n) is 8.84. The average Bonchev–Trinajstić information content (AvgIpc) is 3.81. The monoisotopic (exact) mass is 866 g/mol. The zero-order valence-corrected chi connectivity index (χ0v) is 36.4. The number of hydrogen-bond acceptors (Lipinski definition) is 10. The van der Waals surface area contributed by atoms with Crippen LogP contribution in [0.3, 0.4) is 0 Å².